The van der Waals surface area contributed by atoms with Gasteiger partial charge < -0.3 is 15.3 Å². The number of unbranched alkanes of at least 4 members (excludes halogenated alkanes) is 2. The Bertz CT molecular complexity index is 454. The van der Waals surface area contributed by atoms with E-state index in [0.717, 1.165) is 56.6 Å². The number of anilines is 2. The normalized spacial score (nSPS) is 16.0. The van der Waals surface area contributed by atoms with E-state index < -0.39 is 0 Å². The van der Waals surface area contributed by atoms with Gasteiger partial charge in [0.05, 0.1) is 17.5 Å². The molecule has 21 heavy (non-hydrogen) atoms. The molecule has 4 nitrogen and oxygen atoms in total. The summed E-state index contributed by atoms with van der Waals surface area (Å²) in [6.45, 7) is 3.81. The summed E-state index contributed by atoms with van der Waals surface area (Å²) in [7, 11) is 0. The summed E-state index contributed by atoms with van der Waals surface area (Å²) in [5, 5.41) is 12.6. The van der Waals surface area contributed by atoms with E-state index >= 15 is 0 Å². The third-order valence-electron chi connectivity index (χ3n) is 3.99. The summed E-state index contributed by atoms with van der Waals surface area (Å²) in [5.74, 6) is 0.0907. The van der Waals surface area contributed by atoms with Crippen molar-refractivity contribution in [3.8, 4) is 0 Å². The van der Waals surface area contributed by atoms with Crippen LogP contribution in [0.1, 0.15) is 45.4 Å². The molecule has 1 aromatic rings. The van der Waals surface area contributed by atoms with Crippen LogP contribution < -0.4 is 10.2 Å². The summed E-state index contributed by atoms with van der Waals surface area (Å²) in [4.78, 5) is 14.2. The molecule has 2 rings (SSSR count). The first-order chi connectivity index (χ1) is 10.2. The lowest BCUT2D eigenvalue weighted by molar-refractivity contribution is -0.116. The number of nitrogens with one attached hydrogen (secondary N) is 1. The van der Waals surface area contributed by atoms with Crippen molar-refractivity contribution < 1.29 is 9.90 Å². The second kappa shape index (κ2) is 8.03. The first-order valence-corrected chi connectivity index (χ1v) is 8.02. The Morgan fingerprint density at radius 2 is 2.00 bits per heavy atom. The standard InChI is InChI=1S/C17H26N2O2/c1-2-3-4-9-17(21)18-15-7-5-6-8-16(15)19-12-10-14(20)11-13-19/h5-8,14,20H,2-4,9-13H2,1H3,(H,18,21). The molecule has 116 valence electrons. The minimum absolute atomic E-state index is 0.0907. The van der Waals surface area contributed by atoms with Crippen LogP contribution in [-0.2, 0) is 4.79 Å². The number of carbonyl (C=O) groups is 1. The van der Waals surface area contributed by atoms with Crippen molar-refractivity contribution in [3.05, 3.63) is 24.3 Å². The second-order valence-corrected chi connectivity index (χ2v) is 5.74. The van der Waals surface area contributed by atoms with Crippen LogP contribution in [-0.4, -0.2) is 30.2 Å². The Labute approximate surface area is 127 Å². The van der Waals surface area contributed by atoms with Crippen molar-refractivity contribution in [1.82, 2.24) is 0 Å². The molecule has 0 spiro atoms. The minimum Gasteiger partial charge on any atom is -0.393 e. The largest absolute Gasteiger partial charge is 0.393 e. The molecule has 1 aliphatic heterocycles. The average molecular weight is 290 g/mol. The molecule has 0 aromatic heterocycles. The lowest BCUT2D eigenvalue weighted by atomic mass is 10.1. The van der Waals surface area contributed by atoms with Crippen LogP contribution in [0.5, 0.6) is 0 Å². The maximum atomic E-state index is 12.0. The fraction of sp³-hybridized carbons (Fsp3) is 0.588. The zero-order valence-corrected chi connectivity index (χ0v) is 12.8. The smallest absolute Gasteiger partial charge is 0.224 e. The van der Waals surface area contributed by atoms with Gasteiger partial charge in [-0.1, -0.05) is 31.9 Å². The number of para-hydroxylation sites is 2. The van der Waals surface area contributed by atoms with Gasteiger partial charge in [0.2, 0.25) is 5.91 Å². The van der Waals surface area contributed by atoms with Crippen molar-refractivity contribution in [1.29, 1.82) is 0 Å². The molecule has 0 unspecified atom stereocenters. The first-order valence-electron chi connectivity index (χ1n) is 8.02. The van der Waals surface area contributed by atoms with Crippen molar-refractivity contribution >= 4 is 17.3 Å². The number of hydrogen-bond donors (Lipinski definition) is 2. The molecule has 4 heteroatoms. The third-order valence-corrected chi connectivity index (χ3v) is 3.99. The Morgan fingerprint density at radius 1 is 1.29 bits per heavy atom. The number of carbonyl (C=O) groups excluding carboxylic acids is 1. The maximum absolute atomic E-state index is 12.0. The summed E-state index contributed by atoms with van der Waals surface area (Å²) < 4.78 is 0. The highest BCUT2D eigenvalue weighted by molar-refractivity contribution is 5.94. The molecule has 0 bridgehead atoms. The zero-order chi connectivity index (χ0) is 15.1. The zero-order valence-electron chi connectivity index (χ0n) is 12.8. The van der Waals surface area contributed by atoms with E-state index in [0.29, 0.717) is 6.42 Å². The number of benzene rings is 1. The highest BCUT2D eigenvalue weighted by atomic mass is 16.3. The molecule has 1 amide bonds. The second-order valence-electron chi connectivity index (χ2n) is 5.74. The molecule has 1 aliphatic rings. The van der Waals surface area contributed by atoms with Gasteiger partial charge in [0.25, 0.3) is 0 Å². The monoisotopic (exact) mass is 290 g/mol. The quantitative estimate of drug-likeness (QED) is 0.791. The Morgan fingerprint density at radius 3 is 2.71 bits per heavy atom. The summed E-state index contributed by atoms with van der Waals surface area (Å²) in [5.41, 5.74) is 1.95. The fourth-order valence-electron chi connectivity index (χ4n) is 2.71. The van der Waals surface area contributed by atoms with Crippen LogP contribution in [0.2, 0.25) is 0 Å². The molecule has 2 N–H and O–H groups in total. The average Bonchev–Trinajstić information content (AvgIpc) is 2.49. The van der Waals surface area contributed by atoms with Gasteiger partial charge in [-0.15, -0.1) is 0 Å². The van der Waals surface area contributed by atoms with Crippen molar-refractivity contribution in [2.75, 3.05) is 23.3 Å². The van der Waals surface area contributed by atoms with Gasteiger partial charge in [-0.25, -0.2) is 0 Å². The lowest BCUT2D eigenvalue weighted by Crippen LogP contribution is -2.36. The van der Waals surface area contributed by atoms with Crippen molar-refractivity contribution in [2.24, 2.45) is 0 Å². The van der Waals surface area contributed by atoms with E-state index in [9.17, 15) is 9.90 Å². The van der Waals surface area contributed by atoms with Crippen LogP contribution in [0.3, 0.4) is 0 Å². The van der Waals surface area contributed by atoms with Crippen LogP contribution in [0.25, 0.3) is 0 Å². The number of amides is 1. The van der Waals surface area contributed by atoms with Crippen LogP contribution >= 0.6 is 0 Å². The molecule has 1 fully saturated rings. The predicted octanol–water partition coefficient (Wildman–Crippen LogP) is 3.17. The van der Waals surface area contributed by atoms with E-state index in [1.54, 1.807) is 0 Å². The van der Waals surface area contributed by atoms with Gasteiger partial charge in [-0.3, -0.25) is 4.79 Å². The van der Waals surface area contributed by atoms with Crippen LogP contribution in [0.4, 0.5) is 11.4 Å². The number of aliphatic hydroxyl groups excluding tert-OH is 1. The Kier molecular flexibility index (Phi) is 6.05. The number of piperidine rings is 1. The Hall–Kier alpha value is -1.55. The fourth-order valence-corrected chi connectivity index (χ4v) is 2.71. The van der Waals surface area contributed by atoms with Gasteiger partial charge in [-0.2, -0.15) is 0 Å². The predicted molar refractivity (Wildman–Crippen MR) is 86.7 cm³/mol. The van der Waals surface area contributed by atoms with Gasteiger partial charge >= 0.3 is 0 Å². The first kappa shape index (κ1) is 15.8. The summed E-state index contributed by atoms with van der Waals surface area (Å²) in [6, 6.07) is 7.94. The molecular weight excluding hydrogens is 264 g/mol. The van der Waals surface area contributed by atoms with E-state index in [1.165, 1.54) is 0 Å². The SMILES string of the molecule is CCCCCC(=O)Nc1ccccc1N1CCC(O)CC1. The Balaban J connectivity index is 1.98. The summed E-state index contributed by atoms with van der Waals surface area (Å²) >= 11 is 0. The maximum Gasteiger partial charge on any atom is 0.224 e. The molecular formula is C17H26N2O2. The van der Waals surface area contributed by atoms with Gasteiger partial charge in [0.15, 0.2) is 0 Å². The van der Waals surface area contributed by atoms with E-state index in [2.05, 4.69) is 17.1 Å². The number of hydrogen-bond acceptors (Lipinski definition) is 3. The highest BCUT2D eigenvalue weighted by Crippen LogP contribution is 2.28. The molecule has 1 aromatic carbocycles. The molecule has 1 heterocycles. The topological polar surface area (TPSA) is 52.6 Å². The number of nitrogens with zero attached hydrogens (tertiary/aromatic N) is 1. The van der Waals surface area contributed by atoms with Crippen molar-refractivity contribution in [3.63, 3.8) is 0 Å². The minimum atomic E-state index is -0.183. The highest BCUT2D eigenvalue weighted by Gasteiger charge is 2.19. The van der Waals surface area contributed by atoms with Gasteiger partial charge in [0, 0.05) is 19.5 Å². The number of rotatable bonds is 6. The molecule has 0 saturated carbocycles. The van der Waals surface area contributed by atoms with E-state index in [4.69, 9.17) is 0 Å². The lowest BCUT2D eigenvalue weighted by Gasteiger charge is -2.32. The van der Waals surface area contributed by atoms with E-state index in [-0.39, 0.29) is 12.0 Å². The number of aliphatic hydroxyl groups is 1. The molecule has 0 radical (unpaired) electrons. The van der Waals surface area contributed by atoms with Gasteiger partial charge in [-0.05, 0) is 31.4 Å². The third kappa shape index (κ3) is 4.74. The van der Waals surface area contributed by atoms with Crippen LogP contribution in [0.15, 0.2) is 24.3 Å². The summed E-state index contributed by atoms with van der Waals surface area (Å²) in [6.07, 6.45) is 5.15. The van der Waals surface area contributed by atoms with Crippen LogP contribution in [0, 0.1) is 0 Å². The molecule has 1 saturated heterocycles. The molecule has 0 aliphatic carbocycles. The van der Waals surface area contributed by atoms with Crippen molar-refractivity contribution in [2.45, 2.75) is 51.6 Å². The van der Waals surface area contributed by atoms with E-state index in [1.807, 2.05) is 24.3 Å². The van der Waals surface area contributed by atoms with Gasteiger partial charge in [0.1, 0.15) is 0 Å². The molecule has 0 atom stereocenters.